The molecule has 1 aromatic carbocycles. The molecule has 0 bridgehead atoms. The predicted octanol–water partition coefficient (Wildman–Crippen LogP) is 2.21. The molecule has 0 amide bonds. The van der Waals surface area contributed by atoms with E-state index in [1.165, 1.54) is 0 Å². The van der Waals surface area contributed by atoms with E-state index in [1.807, 2.05) is 50.2 Å². The smallest absolute Gasteiger partial charge is 0.258 e. The Kier molecular flexibility index (Phi) is 3.62. The third-order valence-electron chi connectivity index (χ3n) is 2.82. The Balaban J connectivity index is 2.31. The van der Waals surface area contributed by atoms with Crippen molar-refractivity contribution < 1.29 is 4.52 Å². The molecule has 5 nitrogen and oxygen atoms in total. The zero-order valence-electron chi connectivity index (χ0n) is 10.9. The summed E-state index contributed by atoms with van der Waals surface area (Å²) in [4.78, 5) is 6.36. The lowest BCUT2D eigenvalue weighted by atomic mass is 10.2. The van der Waals surface area contributed by atoms with E-state index in [9.17, 15) is 0 Å². The van der Waals surface area contributed by atoms with Gasteiger partial charge in [-0.05, 0) is 24.6 Å². The van der Waals surface area contributed by atoms with Crippen molar-refractivity contribution in [1.29, 1.82) is 0 Å². The third kappa shape index (κ3) is 2.51. The van der Waals surface area contributed by atoms with E-state index in [0.717, 1.165) is 17.7 Å². The quantitative estimate of drug-likeness (QED) is 0.895. The maximum atomic E-state index is 5.87. The number of rotatable bonds is 4. The zero-order chi connectivity index (χ0) is 13.1. The summed E-state index contributed by atoms with van der Waals surface area (Å²) in [6.07, 6.45) is 0.788. The van der Waals surface area contributed by atoms with Gasteiger partial charge in [0.15, 0.2) is 5.82 Å². The van der Waals surface area contributed by atoms with Crippen LogP contribution in [0.15, 0.2) is 28.8 Å². The van der Waals surface area contributed by atoms with Crippen LogP contribution < -0.4 is 10.6 Å². The number of benzene rings is 1. The lowest BCUT2D eigenvalue weighted by Gasteiger charge is -2.12. The van der Waals surface area contributed by atoms with E-state index < -0.39 is 0 Å². The summed E-state index contributed by atoms with van der Waals surface area (Å²) in [5.74, 6) is 1.07. The van der Waals surface area contributed by atoms with E-state index in [2.05, 4.69) is 10.1 Å². The van der Waals surface area contributed by atoms with E-state index in [4.69, 9.17) is 10.3 Å². The van der Waals surface area contributed by atoms with Crippen LogP contribution in [0.4, 0.5) is 5.69 Å². The van der Waals surface area contributed by atoms with Crippen molar-refractivity contribution in [2.24, 2.45) is 5.73 Å². The summed E-state index contributed by atoms with van der Waals surface area (Å²) >= 11 is 0. The van der Waals surface area contributed by atoms with E-state index in [1.54, 1.807) is 0 Å². The summed E-state index contributed by atoms with van der Waals surface area (Å²) in [5.41, 5.74) is 7.87. The van der Waals surface area contributed by atoms with Gasteiger partial charge in [-0.2, -0.15) is 4.98 Å². The van der Waals surface area contributed by atoms with Crippen LogP contribution in [-0.2, 0) is 0 Å². The molecule has 1 atom stereocenters. The Hall–Kier alpha value is -1.88. The van der Waals surface area contributed by atoms with Gasteiger partial charge in [-0.15, -0.1) is 0 Å². The van der Waals surface area contributed by atoms with Gasteiger partial charge in [0.1, 0.15) is 0 Å². The molecule has 0 saturated heterocycles. The number of anilines is 1. The van der Waals surface area contributed by atoms with Crippen LogP contribution in [0.25, 0.3) is 11.5 Å². The second-order valence-electron chi connectivity index (χ2n) is 4.42. The molecule has 2 aromatic rings. The van der Waals surface area contributed by atoms with Gasteiger partial charge in [0.2, 0.25) is 0 Å². The lowest BCUT2D eigenvalue weighted by molar-refractivity contribution is 0.415. The lowest BCUT2D eigenvalue weighted by Crippen LogP contribution is -2.10. The molecule has 0 fully saturated rings. The molecule has 1 heterocycles. The Morgan fingerprint density at radius 3 is 2.83 bits per heavy atom. The third-order valence-corrected chi connectivity index (χ3v) is 2.82. The van der Waals surface area contributed by atoms with Crippen molar-refractivity contribution in [3.05, 3.63) is 30.1 Å². The van der Waals surface area contributed by atoms with Gasteiger partial charge in [-0.3, -0.25) is 0 Å². The normalized spacial score (nSPS) is 12.4. The molecule has 0 saturated carbocycles. The first-order chi connectivity index (χ1) is 8.61. The zero-order valence-corrected chi connectivity index (χ0v) is 10.9. The Bertz CT molecular complexity index is 521. The first kappa shape index (κ1) is 12.6. The first-order valence-corrected chi connectivity index (χ1v) is 5.98. The largest absolute Gasteiger partial charge is 0.378 e. The van der Waals surface area contributed by atoms with Gasteiger partial charge in [0.05, 0.1) is 6.04 Å². The van der Waals surface area contributed by atoms with Gasteiger partial charge in [-0.25, -0.2) is 0 Å². The molecule has 0 radical (unpaired) electrons. The van der Waals surface area contributed by atoms with E-state index in [0.29, 0.717) is 11.7 Å². The molecule has 1 aromatic heterocycles. The van der Waals surface area contributed by atoms with Crippen LogP contribution in [0, 0.1) is 0 Å². The molecule has 1 unspecified atom stereocenters. The number of hydrogen-bond acceptors (Lipinski definition) is 5. The fraction of sp³-hybridized carbons (Fsp3) is 0.385. The van der Waals surface area contributed by atoms with Crippen molar-refractivity contribution in [3.63, 3.8) is 0 Å². The fourth-order valence-electron chi connectivity index (χ4n) is 1.60. The number of nitrogens with zero attached hydrogens (tertiary/aromatic N) is 3. The van der Waals surface area contributed by atoms with Crippen molar-refractivity contribution in [2.45, 2.75) is 19.4 Å². The first-order valence-electron chi connectivity index (χ1n) is 5.98. The van der Waals surface area contributed by atoms with Crippen LogP contribution in [0.1, 0.15) is 25.2 Å². The van der Waals surface area contributed by atoms with Gasteiger partial charge < -0.3 is 15.2 Å². The van der Waals surface area contributed by atoms with Crippen molar-refractivity contribution >= 4 is 5.69 Å². The minimum Gasteiger partial charge on any atom is -0.378 e. The summed E-state index contributed by atoms with van der Waals surface area (Å²) in [5, 5.41) is 3.91. The average molecular weight is 246 g/mol. The summed E-state index contributed by atoms with van der Waals surface area (Å²) in [6.45, 7) is 1.99. The van der Waals surface area contributed by atoms with Gasteiger partial charge in [0.25, 0.3) is 5.89 Å². The van der Waals surface area contributed by atoms with Crippen LogP contribution in [0.2, 0.25) is 0 Å². The molecule has 0 spiro atoms. The van der Waals surface area contributed by atoms with Crippen molar-refractivity contribution in [2.75, 3.05) is 19.0 Å². The minimum absolute atomic E-state index is 0.167. The standard InChI is InChI=1S/C13H18N4O/c1-4-11(14)12-15-13(18-16-12)9-6-5-7-10(8-9)17(2)3/h5-8,11H,4,14H2,1-3H3. The second-order valence-corrected chi connectivity index (χ2v) is 4.42. The maximum Gasteiger partial charge on any atom is 0.258 e. The highest BCUT2D eigenvalue weighted by atomic mass is 16.5. The number of nitrogens with two attached hydrogens (primary N) is 1. The Morgan fingerprint density at radius 1 is 1.39 bits per heavy atom. The Labute approximate surface area is 107 Å². The van der Waals surface area contributed by atoms with Crippen LogP contribution in [0.3, 0.4) is 0 Å². The second kappa shape index (κ2) is 5.18. The van der Waals surface area contributed by atoms with Crippen molar-refractivity contribution in [3.8, 4) is 11.5 Å². The highest BCUT2D eigenvalue weighted by Crippen LogP contribution is 2.23. The number of hydrogen-bond donors (Lipinski definition) is 1. The van der Waals surface area contributed by atoms with Gasteiger partial charge in [0, 0.05) is 25.3 Å². The van der Waals surface area contributed by atoms with Gasteiger partial charge >= 0.3 is 0 Å². The molecular formula is C13H18N4O. The van der Waals surface area contributed by atoms with E-state index in [-0.39, 0.29) is 6.04 Å². The molecule has 96 valence electrons. The highest BCUT2D eigenvalue weighted by Gasteiger charge is 2.14. The molecule has 18 heavy (non-hydrogen) atoms. The molecular weight excluding hydrogens is 228 g/mol. The molecule has 0 aliphatic carbocycles. The molecule has 0 aliphatic rings. The van der Waals surface area contributed by atoms with Crippen LogP contribution in [-0.4, -0.2) is 24.2 Å². The molecule has 0 aliphatic heterocycles. The summed E-state index contributed by atoms with van der Waals surface area (Å²) in [7, 11) is 3.98. The molecule has 2 N–H and O–H groups in total. The minimum atomic E-state index is -0.167. The highest BCUT2D eigenvalue weighted by molar-refractivity contribution is 5.61. The molecule has 2 rings (SSSR count). The molecule has 5 heteroatoms. The monoisotopic (exact) mass is 246 g/mol. The van der Waals surface area contributed by atoms with Crippen LogP contribution >= 0.6 is 0 Å². The van der Waals surface area contributed by atoms with Gasteiger partial charge in [-0.1, -0.05) is 18.1 Å². The maximum absolute atomic E-state index is 5.87. The topological polar surface area (TPSA) is 68.2 Å². The predicted molar refractivity (Wildman–Crippen MR) is 71.3 cm³/mol. The summed E-state index contributed by atoms with van der Waals surface area (Å²) in [6, 6.07) is 7.78. The fourth-order valence-corrected chi connectivity index (χ4v) is 1.60. The SMILES string of the molecule is CCC(N)c1noc(-c2cccc(N(C)C)c2)n1. The van der Waals surface area contributed by atoms with E-state index >= 15 is 0 Å². The number of aromatic nitrogens is 2. The van der Waals surface area contributed by atoms with Crippen LogP contribution in [0.5, 0.6) is 0 Å². The average Bonchev–Trinajstić information content (AvgIpc) is 2.87. The Morgan fingerprint density at radius 2 is 2.17 bits per heavy atom. The summed E-state index contributed by atoms with van der Waals surface area (Å²) < 4.78 is 5.25. The van der Waals surface area contributed by atoms with Crippen molar-refractivity contribution in [1.82, 2.24) is 10.1 Å².